The van der Waals surface area contributed by atoms with Crippen molar-refractivity contribution in [3.05, 3.63) is 22.9 Å². The molecule has 0 N–H and O–H groups in total. The van der Waals surface area contributed by atoms with Crippen LogP contribution in [-0.4, -0.2) is 84.0 Å². The molecule has 3 heterocycles. The van der Waals surface area contributed by atoms with Crippen LogP contribution < -0.4 is 0 Å². The van der Waals surface area contributed by atoms with Crippen molar-refractivity contribution in [2.24, 2.45) is 0 Å². The first kappa shape index (κ1) is 21.9. The van der Waals surface area contributed by atoms with Gasteiger partial charge in [-0.2, -0.15) is 0 Å². The Balaban J connectivity index is 1.67. The van der Waals surface area contributed by atoms with Crippen LogP contribution in [0, 0.1) is 17.9 Å². The van der Waals surface area contributed by atoms with E-state index in [9.17, 15) is 5.26 Å². The van der Waals surface area contributed by atoms with Gasteiger partial charge in [0, 0.05) is 51.4 Å². The average Bonchev–Trinajstić information content (AvgIpc) is 2.78. The van der Waals surface area contributed by atoms with Crippen molar-refractivity contribution in [2.75, 3.05) is 46.3 Å². The first-order valence-corrected chi connectivity index (χ1v) is 11.5. The fraction of sp³-hybridized carbons (Fsp3) is 0.826. The number of piperidine rings is 3. The van der Waals surface area contributed by atoms with E-state index >= 15 is 0 Å². The Morgan fingerprint density at radius 2 is 1.62 bits per heavy atom. The fourth-order valence-corrected chi connectivity index (χ4v) is 5.35. The number of nitriles is 1. The molecule has 0 saturated carbocycles. The summed E-state index contributed by atoms with van der Waals surface area (Å²) in [6.45, 7) is 18.7. The highest BCUT2D eigenvalue weighted by molar-refractivity contribution is 5.32. The van der Waals surface area contributed by atoms with E-state index in [2.05, 4.69) is 51.4 Å². The van der Waals surface area contributed by atoms with Gasteiger partial charge in [-0.05, 0) is 65.5 Å². The molecular weight excluding hydrogens is 360 g/mol. The summed E-state index contributed by atoms with van der Waals surface area (Å²) in [5.41, 5.74) is 0.259. The summed E-state index contributed by atoms with van der Waals surface area (Å²) in [7, 11) is 2.10. The molecule has 0 bridgehead atoms. The second kappa shape index (κ2) is 10.3. The van der Waals surface area contributed by atoms with Crippen LogP contribution in [0.4, 0.5) is 0 Å². The lowest BCUT2D eigenvalue weighted by molar-refractivity contribution is 0.0712. The predicted molar refractivity (Wildman–Crippen MR) is 117 cm³/mol. The highest BCUT2D eigenvalue weighted by Gasteiger charge is 2.32. The number of rotatable bonds is 5. The van der Waals surface area contributed by atoms with Gasteiger partial charge in [-0.1, -0.05) is 6.42 Å². The van der Waals surface area contributed by atoms with Crippen molar-refractivity contribution >= 4 is 0 Å². The molecule has 0 aromatic heterocycles. The average molecular weight is 399 g/mol. The molecule has 0 aromatic rings. The number of allylic oxidation sites excluding steroid dienone is 1. The van der Waals surface area contributed by atoms with Gasteiger partial charge in [0.2, 0.25) is 0 Å². The molecule has 3 saturated heterocycles. The van der Waals surface area contributed by atoms with Gasteiger partial charge < -0.3 is 19.6 Å². The zero-order valence-electron chi connectivity index (χ0n) is 18.6. The summed E-state index contributed by atoms with van der Waals surface area (Å²) in [4.78, 5) is 13.4. The van der Waals surface area contributed by atoms with Crippen LogP contribution in [0.5, 0.6) is 0 Å². The van der Waals surface area contributed by atoms with Gasteiger partial charge in [-0.15, -0.1) is 0 Å². The predicted octanol–water partition coefficient (Wildman–Crippen LogP) is 3.35. The van der Waals surface area contributed by atoms with Crippen molar-refractivity contribution in [3.63, 3.8) is 0 Å². The van der Waals surface area contributed by atoms with Crippen LogP contribution in [0.25, 0.3) is 4.85 Å². The molecule has 0 amide bonds. The molecule has 0 radical (unpaired) electrons. The maximum atomic E-state index is 9.65. The number of hydrogen-bond acceptors (Lipinski definition) is 5. The van der Waals surface area contributed by atoms with Crippen molar-refractivity contribution in [1.82, 2.24) is 19.6 Å². The van der Waals surface area contributed by atoms with Gasteiger partial charge in [0.05, 0.1) is 12.6 Å². The maximum absolute atomic E-state index is 9.65. The highest BCUT2D eigenvalue weighted by Crippen LogP contribution is 2.28. The van der Waals surface area contributed by atoms with Crippen LogP contribution >= 0.6 is 0 Å². The van der Waals surface area contributed by atoms with E-state index in [0.717, 1.165) is 57.7 Å². The first-order valence-electron chi connectivity index (χ1n) is 11.5. The summed E-state index contributed by atoms with van der Waals surface area (Å²) in [5.74, 6) is 0.877. The van der Waals surface area contributed by atoms with E-state index in [1.807, 2.05) is 0 Å². The second-order valence-electron chi connectivity index (χ2n) is 9.18. The van der Waals surface area contributed by atoms with Gasteiger partial charge in [0.15, 0.2) is 0 Å². The van der Waals surface area contributed by atoms with E-state index in [1.165, 1.54) is 32.4 Å². The lowest BCUT2D eigenvalue weighted by Gasteiger charge is -2.46. The Morgan fingerprint density at radius 3 is 2.14 bits per heavy atom. The van der Waals surface area contributed by atoms with Gasteiger partial charge in [0.1, 0.15) is 5.82 Å². The molecule has 29 heavy (non-hydrogen) atoms. The quantitative estimate of drug-likeness (QED) is 0.525. The largest absolute Gasteiger partial charge is 0.366 e. The van der Waals surface area contributed by atoms with Crippen molar-refractivity contribution in [1.29, 1.82) is 5.26 Å². The summed E-state index contributed by atoms with van der Waals surface area (Å²) in [5, 5.41) is 9.65. The third-order valence-corrected chi connectivity index (χ3v) is 7.21. The van der Waals surface area contributed by atoms with Crippen molar-refractivity contribution < 1.29 is 0 Å². The molecule has 3 rings (SSSR count). The van der Waals surface area contributed by atoms with Crippen molar-refractivity contribution in [2.45, 2.75) is 76.9 Å². The van der Waals surface area contributed by atoms with E-state index in [1.54, 1.807) is 0 Å². The maximum Gasteiger partial charge on any atom is 0.300 e. The number of hydrogen-bond donors (Lipinski definition) is 0. The molecule has 0 unspecified atom stereocenters. The van der Waals surface area contributed by atoms with Crippen LogP contribution in [0.2, 0.25) is 0 Å². The van der Waals surface area contributed by atoms with E-state index in [0.29, 0.717) is 18.1 Å². The minimum atomic E-state index is 0.259. The SMILES string of the molecule is [C-]#[N+]C(C#N)=C(N1CCC(N2CCCCC2)CC1)N(C)C1CCN(C(C)C)CC1. The third-order valence-electron chi connectivity index (χ3n) is 7.21. The standard InChI is InChI=1S/C23H38N6/c1-19(2)27-14-8-20(9-15-27)26(4)23(22(18-24)25-3)29-16-10-21(11-17-29)28-12-6-5-7-13-28/h19-21H,5-17H2,1-2,4H3. The number of nitrogens with zero attached hydrogens (tertiary/aromatic N) is 6. The molecule has 3 aliphatic heterocycles. The second-order valence-corrected chi connectivity index (χ2v) is 9.18. The summed E-state index contributed by atoms with van der Waals surface area (Å²) >= 11 is 0. The fourth-order valence-electron chi connectivity index (χ4n) is 5.35. The first-order chi connectivity index (χ1) is 14.0. The zero-order chi connectivity index (χ0) is 20.8. The smallest absolute Gasteiger partial charge is 0.300 e. The van der Waals surface area contributed by atoms with Gasteiger partial charge in [0.25, 0.3) is 0 Å². The van der Waals surface area contributed by atoms with Gasteiger partial charge in [-0.25, -0.2) is 10.1 Å². The molecule has 0 atom stereocenters. The van der Waals surface area contributed by atoms with E-state index in [4.69, 9.17) is 6.57 Å². The van der Waals surface area contributed by atoms with Gasteiger partial charge >= 0.3 is 5.70 Å². The summed E-state index contributed by atoms with van der Waals surface area (Å²) in [6.07, 6.45) is 8.51. The lowest BCUT2D eigenvalue weighted by atomic mass is 9.99. The Kier molecular flexibility index (Phi) is 7.81. The monoisotopic (exact) mass is 398 g/mol. The summed E-state index contributed by atoms with van der Waals surface area (Å²) in [6, 6.07) is 3.86. The Morgan fingerprint density at radius 1 is 1.00 bits per heavy atom. The van der Waals surface area contributed by atoms with Crippen LogP contribution in [0.1, 0.15) is 58.8 Å². The summed E-state index contributed by atoms with van der Waals surface area (Å²) < 4.78 is 0. The Hall–Kier alpha value is -1.76. The normalized spacial score (nSPS) is 24.1. The Bertz CT molecular complexity index is 619. The molecule has 6 nitrogen and oxygen atoms in total. The molecule has 0 aliphatic carbocycles. The van der Waals surface area contributed by atoms with Crippen LogP contribution in [0.3, 0.4) is 0 Å². The minimum Gasteiger partial charge on any atom is -0.366 e. The third kappa shape index (κ3) is 5.24. The Labute approximate surface area is 177 Å². The highest BCUT2D eigenvalue weighted by atomic mass is 15.4. The van der Waals surface area contributed by atoms with Crippen molar-refractivity contribution in [3.8, 4) is 6.07 Å². The van der Waals surface area contributed by atoms with Gasteiger partial charge in [-0.3, -0.25) is 0 Å². The topological polar surface area (TPSA) is 41.1 Å². The lowest BCUT2D eigenvalue weighted by Crippen LogP contribution is -2.51. The molecule has 0 aromatic carbocycles. The van der Waals surface area contributed by atoms with Crippen LogP contribution in [-0.2, 0) is 0 Å². The minimum absolute atomic E-state index is 0.259. The van der Waals surface area contributed by atoms with E-state index < -0.39 is 0 Å². The molecule has 6 heteroatoms. The molecular formula is C23H38N6. The molecule has 0 spiro atoms. The molecule has 3 aliphatic rings. The molecule has 160 valence electrons. The number of likely N-dealkylation sites (tertiary alicyclic amines) is 3. The zero-order valence-corrected chi connectivity index (χ0v) is 18.6. The van der Waals surface area contributed by atoms with E-state index in [-0.39, 0.29) is 5.70 Å². The molecule has 3 fully saturated rings. The van der Waals surface area contributed by atoms with Crippen LogP contribution in [0.15, 0.2) is 11.5 Å².